The molecule has 0 fully saturated rings. The monoisotopic (exact) mass is 358 g/mol. The maximum Gasteiger partial charge on any atom is 0.344 e. The van der Waals surface area contributed by atoms with Crippen LogP contribution in [0.15, 0.2) is 42.5 Å². The van der Waals surface area contributed by atoms with Gasteiger partial charge in [0.25, 0.3) is 5.69 Å². The van der Waals surface area contributed by atoms with Gasteiger partial charge in [0, 0.05) is 24.9 Å². The van der Waals surface area contributed by atoms with Gasteiger partial charge >= 0.3 is 5.97 Å². The van der Waals surface area contributed by atoms with Crippen LogP contribution in [0.3, 0.4) is 0 Å². The fraction of sp³-hybridized carbons (Fsp3) is 0.316. The van der Waals surface area contributed by atoms with Crippen LogP contribution in [-0.4, -0.2) is 24.6 Å². The van der Waals surface area contributed by atoms with Crippen molar-refractivity contribution >= 4 is 17.3 Å². The number of anilines is 1. The number of nitrogens with one attached hydrogen (secondary N) is 1. The Morgan fingerprint density at radius 1 is 1.19 bits per heavy atom. The van der Waals surface area contributed by atoms with Crippen molar-refractivity contribution in [2.24, 2.45) is 0 Å². The number of hydrogen-bond donors (Lipinski definition) is 1. The molecule has 7 nitrogen and oxygen atoms in total. The summed E-state index contributed by atoms with van der Waals surface area (Å²) in [7, 11) is 1.19. The molecule has 0 aliphatic carbocycles. The Morgan fingerprint density at radius 2 is 1.92 bits per heavy atom. The number of nitro groups is 1. The van der Waals surface area contributed by atoms with Gasteiger partial charge in [-0.1, -0.05) is 31.2 Å². The number of nitro benzene ring substituents is 1. The van der Waals surface area contributed by atoms with E-state index in [1.165, 1.54) is 19.2 Å². The fourth-order valence-corrected chi connectivity index (χ4v) is 2.47. The molecule has 0 amide bonds. The first-order valence-electron chi connectivity index (χ1n) is 8.32. The van der Waals surface area contributed by atoms with Crippen LogP contribution < -0.4 is 5.32 Å². The second-order valence-corrected chi connectivity index (χ2v) is 5.66. The normalized spacial score (nSPS) is 10.4. The van der Waals surface area contributed by atoms with Crippen LogP contribution in [0.25, 0.3) is 0 Å². The minimum atomic E-state index is -0.742. The van der Waals surface area contributed by atoms with Gasteiger partial charge in [0.2, 0.25) is 0 Å². The molecule has 7 heteroatoms. The van der Waals surface area contributed by atoms with Crippen LogP contribution in [0.2, 0.25) is 0 Å². The largest absolute Gasteiger partial charge is 0.465 e. The third kappa shape index (κ3) is 5.03. The van der Waals surface area contributed by atoms with Crippen LogP contribution >= 0.6 is 0 Å². The summed E-state index contributed by atoms with van der Waals surface area (Å²) >= 11 is 0. The van der Waals surface area contributed by atoms with Gasteiger partial charge in [-0.3, -0.25) is 10.1 Å². The number of hydrogen-bond acceptors (Lipinski definition) is 6. The molecule has 26 heavy (non-hydrogen) atoms. The van der Waals surface area contributed by atoms with E-state index in [0.29, 0.717) is 25.4 Å². The fourth-order valence-electron chi connectivity index (χ4n) is 2.47. The number of carbonyl (C=O) groups excluding carboxylic acids is 1. The van der Waals surface area contributed by atoms with E-state index in [-0.39, 0.29) is 11.3 Å². The maximum absolute atomic E-state index is 11.8. The van der Waals surface area contributed by atoms with E-state index in [2.05, 4.69) is 17.0 Å². The molecule has 0 radical (unpaired) electrons. The second-order valence-electron chi connectivity index (χ2n) is 5.66. The zero-order valence-corrected chi connectivity index (χ0v) is 14.9. The minimum absolute atomic E-state index is 0.0814. The Labute approximate surface area is 152 Å². The highest BCUT2D eigenvalue weighted by molar-refractivity contribution is 5.95. The number of rotatable bonds is 9. The van der Waals surface area contributed by atoms with E-state index >= 15 is 0 Å². The van der Waals surface area contributed by atoms with E-state index in [1.54, 1.807) is 6.07 Å². The molecule has 0 unspecified atom stereocenters. The molecular weight excluding hydrogens is 336 g/mol. The van der Waals surface area contributed by atoms with Gasteiger partial charge in [0.05, 0.1) is 18.6 Å². The first-order chi connectivity index (χ1) is 12.6. The van der Waals surface area contributed by atoms with E-state index in [9.17, 15) is 14.9 Å². The van der Waals surface area contributed by atoms with Gasteiger partial charge in [-0.25, -0.2) is 4.79 Å². The summed E-state index contributed by atoms with van der Waals surface area (Å²) in [5.74, 6) is -0.742. The second kappa shape index (κ2) is 9.53. The Morgan fingerprint density at radius 3 is 2.58 bits per heavy atom. The van der Waals surface area contributed by atoms with Crippen molar-refractivity contribution in [3.63, 3.8) is 0 Å². The van der Waals surface area contributed by atoms with Gasteiger partial charge in [-0.15, -0.1) is 0 Å². The molecule has 0 aliphatic rings. The minimum Gasteiger partial charge on any atom is -0.465 e. The van der Waals surface area contributed by atoms with Crippen molar-refractivity contribution < 1.29 is 19.2 Å². The third-order valence-corrected chi connectivity index (χ3v) is 3.81. The lowest BCUT2D eigenvalue weighted by molar-refractivity contribution is -0.385. The first-order valence-corrected chi connectivity index (χ1v) is 8.32. The van der Waals surface area contributed by atoms with Gasteiger partial charge in [-0.2, -0.15) is 0 Å². The SMILES string of the molecule is CCCOCc1ccccc1CNc1ccc([N+](=O)[O-])c(C(=O)OC)c1. The summed E-state index contributed by atoms with van der Waals surface area (Å²) in [6.45, 7) is 3.79. The van der Waals surface area contributed by atoms with Crippen LogP contribution in [0, 0.1) is 10.1 Å². The van der Waals surface area contributed by atoms with Crippen LogP contribution in [0.5, 0.6) is 0 Å². The van der Waals surface area contributed by atoms with E-state index in [4.69, 9.17) is 4.74 Å². The Balaban J connectivity index is 2.15. The molecule has 0 atom stereocenters. The number of ether oxygens (including phenoxy) is 2. The highest BCUT2D eigenvalue weighted by Gasteiger charge is 2.21. The standard InChI is InChI=1S/C19H22N2O5/c1-3-10-26-13-15-7-5-4-6-14(15)12-20-16-8-9-18(21(23)24)17(11-16)19(22)25-2/h4-9,11,20H,3,10,12-13H2,1-2H3. The quantitative estimate of drug-likeness (QED) is 0.316. The molecule has 0 spiro atoms. The highest BCUT2D eigenvalue weighted by atomic mass is 16.6. The molecule has 1 N–H and O–H groups in total. The Hall–Kier alpha value is -2.93. The van der Waals surface area contributed by atoms with Crippen LogP contribution in [0.4, 0.5) is 11.4 Å². The van der Waals surface area contributed by atoms with E-state index in [0.717, 1.165) is 17.5 Å². The van der Waals surface area contributed by atoms with Crippen LogP contribution in [0.1, 0.15) is 34.8 Å². The zero-order valence-electron chi connectivity index (χ0n) is 14.9. The van der Waals surface area contributed by atoms with Crippen molar-refractivity contribution in [1.82, 2.24) is 0 Å². The van der Waals surface area contributed by atoms with Gasteiger partial charge in [0.15, 0.2) is 0 Å². The summed E-state index contributed by atoms with van der Waals surface area (Å²) in [4.78, 5) is 22.3. The summed E-state index contributed by atoms with van der Waals surface area (Å²) in [5, 5.41) is 14.3. The molecule has 0 heterocycles. The summed E-state index contributed by atoms with van der Waals surface area (Å²) < 4.78 is 10.2. The maximum atomic E-state index is 11.8. The van der Waals surface area contributed by atoms with Crippen molar-refractivity contribution in [3.05, 3.63) is 69.3 Å². The molecule has 2 rings (SSSR count). The van der Waals surface area contributed by atoms with Gasteiger partial charge in [-0.05, 0) is 29.7 Å². The average molecular weight is 358 g/mol. The molecule has 0 aromatic heterocycles. The molecule has 0 bridgehead atoms. The smallest absolute Gasteiger partial charge is 0.344 e. The predicted molar refractivity (Wildman–Crippen MR) is 98.2 cm³/mol. The van der Waals surface area contributed by atoms with Crippen molar-refractivity contribution in [2.45, 2.75) is 26.5 Å². The lowest BCUT2D eigenvalue weighted by atomic mass is 10.1. The Bertz CT molecular complexity index is 776. The predicted octanol–water partition coefficient (Wildman–Crippen LogP) is 3.92. The van der Waals surface area contributed by atoms with Crippen molar-refractivity contribution in [3.8, 4) is 0 Å². The van der Waals surface area contributed by atoms with Crippen molar-refractivity contribution in [2.75, 3.05) is 19.0 Å². The number of methoxy groups -OCH3 is 1. The summed E-state index contributed by atoms with van der Waals surface area (Å²) in [5.41, 5.74) is 2.36. The number of carbonyl (C=O) groups is 1. The summed E-state index contributed by atoms with van der Waals surface area (Å²) in [6.07, 6.45) is 0.958. The van der Waals surface area contributed by atoms with Gasteiger partial charge in [0.1, 0.15) is 5.56 Å². The third-order valence-electron chi connectivity index (χ3n) is 3.81. The van der Waals surface area contributed by atoms with Crippen LogP contribution in [-0.2, 0) is 22.6 Å². The molecule has 0 saturated heterocycles. The molecule has 0 saturated carbocycles. The number of benzene rings is 2. The molecule has 2 aromatic carbocycles. The number of nitrogens with zero attached hydrogens (tertiary/aromatic N) is 1. The van der Waals surface area contributed by atoms with E-state index in [1.807, 2.05) is 24.3 Å². The average Bonchev–Trinajstić information content (AvgIpc) is 2.66. The zero-order chi connectivity index (χ0) is 18.9. The molecular formula is C19H22N2O5. The molecule has 0 aliphatic heterocycles. The number of esters is 1. The van der Waals surface area contributed by atoms with Gasteiger partial charge < -0.3 is 14.8 Å². The van der Waals surface area contributed by atoms with E-state index < -0.39 is 10.9 Å². The lowest BCUT2D eigenvalue weighted by Gasteiger charge is -2.12. The highest BCUT2D eigenvalue weighted by Crippen LogP contribution is 2.24. The lowest BCUT2D eigenvalue weighted by Crippen LogP contribution is -2.08. The Kier molecular flexibility index (Phi) is 7.11. The first kappa shape index (κ1) is 19.4. The topological polar surface area (TPSA) is 90.7 Å². The van der Waals surface area contributed by atoms with Crippen molar-refractivity contribution in [1.29, 1.82) is 0 Å². The summed E-state index contributed by atoms with van der Waals surface area (Å²) in [6, 6.07) is 12.2. The molecule has 2 aromatic rings. The molecule has 138 valence electrons.